The van der Waals surface area contributed by atoms with Crippen LogP contribution in [0, 0.1) is 25.5 Å². The van der Waals surface area contributed by atoms with Crippen LogP contribution in [0.1, 0.15) is 51.4 Å². The van der Waals surface area contributed by atoms with E-state index in [9.17, 15) is 13.6 Å². The first kappa shape index (κ1) is 21.7. The molecule has 0 aliphatic carbocycles. The van der Waals surface area contributed by atoms with Crippen molar-refractivity contribution >= 4 is 6.29 Å². The molecule has 0 spiro atoms. The SMILES string of the molecule is Cc1ccc(C[C@H](CCCOc2ccc(C=O)cc2)c2ccc(F)cc2F)cc1C. The van der Waals surface area contributed by atoms with Crippen molar-refractivity contribution in [2.45, 2.75) is 39.0 Å². The van der Waals surface area contributed by atoms with E-state index in [2.05, 4.69) is 32.0 Å². The van der Waals surface area contributed by atoms with Gasteiger partial charge in [0.2, 0.25) is 0 Å². The van der Waals surface area contributed by atoms with Crippen LogP contribution in [0.3, 0.4) is 0 Å². The summed E-state index contributed by atoms with van der Waals surface area (Å²) in [5.41, 5.74) is 4.69. The first-order valence-corrected chi connectivity index (χ1v) is 10.2. The highest BCUT2D eigenvalue weighted by molar-refractivity contribution is 5.74. The van der Waals surface area contributed by atoms with Gasteiger partial charge in [-0.2, -0.15) is 0 Å². The predicted octanol–water partition coefficient (Wildman–Crippen LogP) is 6.58. The van der Waals surface area contributed by atoms with E-state index >= 15 is 0 Å². The van der Waals surface area contributed by atoms with E-state index in [0.717, 1.165) is 24.3 Å². The smallest absolute Gasteiger partial charge is 0.150 e. The molecule has 0 bridgehead atoms. The third-order valence-corrected chi connectivity index (χ3v) is 5.44. The second-order valence-corrected chi connectivity index (χ2v) is 7.66. The number of hydrogen-bond donors (Lipinski definition) is 0. The summed E-state index contributed by atoms with van der Waals surface area (Å²) in [6, 6.07) is 17.0. The van der Waals surface area contributed by atoms with Crippen LogP contribution < -0.4 is 4.74 Å². The maximum absolute atomic E-state index is 14.5. The van der Waals surface area contributed by atoms with Gasteiger partial charge in [0.25, 0.3) is 0 Å². The number of aryl methyl sites for hydroxylation is 2. The van der Waals surface area contributed by atoms with Crippen LogP contribution in [0.5, 0.6) is 5.75 Å². The lowest BCUT2D eigenvalue weighted by atomic mass is 9.87. The molecule has 0 heterocycles. The Morgan fingerprint density at radius 1 is 0.933 bits per heavy atom. The molecule has 0 aromatic heterocycles. The summed E-state index contributed by atoms with van der Waals surface area (Å²) in [5.74, 6) is -0.453. The van der Waals surface area contributed by atoms with Gasteiger partial charge in [-0.25, -0.2) is 8.78 Å². The molecular formula is C26H26F2O2. The second-order valence-electron chi connectivity index (χ2n) is 7.66. The Hall–Kier alpha value is -3.01. The number of benzene rings is 3. The number of carbonyl (C=O) groups is 1. The Kier molecular flexibility index (Phi) is 7.34. The van der Waals surface area contributed by atoms with Crippen molar-refractivity contribution in [1.82, 2.24) is 0 Å². The van der Waals surface area contributed by atoms with Crippen molar-refractivity contribution in [1.29, 1.82) is 0 Å². The van der Waals surface area contributed by atoms with Gasteiger partial charge < -0.3 is 4.74 Å². The average molecular weight is 408 g/mol. The van der Waals surface area contributed by atoms with Crippen LogP contribution in [-0.4, -0.2) is 12.9 Å². The third-order valence-electron chi connectivity index (χ3n) is 5.44. The predicted molar refractivity (Wildman–Crippen MR) is 115 cm³/mol. The Labute approximate surface area is 176 Å². The molecule has 1 atom stereocenters. The van der Waals surface area contributed by atoms with Gasteiger partial charge in [0.05, 0.1) is 6.61 Å². The topological polar surface area (TPSA) is 26.3 Å². The number of rotatable bonds is 9. The zero-order chi connectivity index (χ0) is 21.5. The van der Waals surface area contributed by atoms with Crippen LogP contribution >= 0.6 is 0 Å². The normalized spacial score (nSPS) is 11.9. The summed E-state index contributed by atoms with van der Waals surface area (Å²) in [7, 11) is 0. The van der Waals surface area contributed by atoms with E-state index in [-0.39, 0.29) is 5.92 Å². The van der Waals surface area contributed by atoms with Crippen LogP contribution in [0.25, 0.3) is 0 Å². The zero-order valence-electron chi connectivity index (χ0n) is 17.3. The van der Waals surface area contributed by atoms with Gasteiger partial charge >= 0.3 is 0 Å². The molecule has 4 heteroatoms. The molecule has 0 aliphatic rings. The van der Waals surface area contributed by atoms with Gasteiger partial charge in [-0.1, -0.05) is 24.3 Å². The first-order chi connectivity index (χ1) is 14.5. The lowest BCUT2D eigenvalue weighted by molar-refractivity contribution is 0.112. The molecule has 3 aromatic carbocycles. The van der Waals surface area contributed by atoms with Crippen molar-refractivity contribution in [3.8, 4) is 5.75 Å². The van der Waals surface area contributed by atoms with E-state index < -0.39 is 11.6 Å². The Bertz CT molecular complexity index is 996. The number of carbonyl (C=O) groups excluding carboxylic acids is 1. The Morgan fingerprint density at radius 2 is 1.70 bits per heavy atom. The maximum atomic E-state index is 14.5. The molecule has 30 heavy (non-hydrogen) atoms. The van der Waals surface area contributed by atoms with E-state index in [1.165, 1.54) is 17.2 Å². The standard InChI is InChI=1S/C26H26F2O2/c1-18-5-6-21(14-19(18)2)15-22(25-12-9-23(27)16-26(25)28)4-3-13-30-24-10-7-20(17-29)8-11-24/h5-12,14,16-17,22H,3-4,13,15H2,1-2H3/t22-/m0/s1. The maximum Gasteiger partial charge on any atom is 0.150 e. The van der Waals surface area contributed by atoms with Crippen LogP contribution in [-0.2, 0) is 6.42 Å². The summed E-state index contributed by atoms with van der Waals surface area (Å²) in [6.07, 6.45) is 2.90. The fraction of sp³-hybridized carbons (Fsp3) is 0.269. The van der Waals surface area contributed by atoms with E-state index in [1.54, 1.807) is 30.3 Å². The largest absolute Gasteiger partial charge is 0.494 e. The first-order valence-electron chi connectivity index (χ1n) is 10.2. The van der Waals surface area contributed by atoms with Crippen LogP contribution in [0.2, 0.25) is 0 Å². The number of aldehydes is 1. The van der Waals surface area contributed by atoms with Crippen LogP contribution in [0.4, 0.5) is 8.78 Å². The van der Waals surface area contributed by atoms with E-state index in [1.807, 2.05) is 0 Å². The van der Waals surface area contributed by atoms with E-state index in [0.29, 0.717) is 36.3 Å². The minimum absolute atomic E-state index is 0.0752. The summed E-state index contributed by atoms with van der Waals surface area (Å²) < 4.78 is 33.7. The quantitative estimate of drug-likeness (QED) is 0.295. The molecule has 0 radical (unpaired) electrons. The minimum atomic E-state index is -0.566. The fourth-order valence-electron chi connectivity index (χ4n) is 3.58. The van der Waals surface area contributed by atoms with Crippen molar-refractivity contribution in [2.75, 3.05) is 6.61 Å². The monoisotopic (exact) mass is 408 g/mol. The number of ether oxygens (including phenoxy) is 1. The third kappa shape index (κ3) is 5.76. The summed E-state index contributed by atoms with van der Waals surface area (Å²) >= 11 is 0. The highest BCUT2D eigenvalue weighted by Gasteiger charge is 2.17. The van der Waals surface area contributed by atoms with Gasteiger partial charge in [0.1, 0.15) is 23.7 Å². The Balaban J connectivity index is 1.68. The average Bonchev–Trinajstić information content (AvgIpc) is 2.73. The Morgan fingerprint density at radius 3 is 2.37 bits per heavy atom. The molecule has 3 aromatic rings. The summed E-state index contributed by atoms with van der Waals surface area (Å²) in [6.45, 7) is 4.61. The van der Waals surface area contributed by atoms with Gasteiger partial charge in [0, 0.05) is 11.6 Å². The molecule has 0 N–H and O–H groups in total. The van der Waals surface area contributed by atoms with Gasteiger partial charge in [-0.05, 0) is 91.6 Å². The van der Waals surface area contributed by atoms with Gasteiger partial charge in [-0.15, -0.1) is 0 Å². The van der Waals surface area contributed by atoms with Gasteiger partial charge in [0.15, 0.2) is 0 Å². The number of halogens is 2. The molecule has 0 saturated carbocycles. The lowest BCUT2D eigenvalue weighted by Crippen LogP contribution is -2.09. The van der Waals surface area contributed by atoms with Crippen molar-refractivity contribution in [3.05, 3.63) is 100 Å². The zero-order valence-corrected chi connectivity index (χ0v) is 17.3. The van der Waals surface area contributed by atoms with Gasteiger partial charge in [-0.3, -0.25) is 4.79 Å². The van der Waals surface area contributed by atoms with Crippen molar-refractivity contribution < 1.29 is 18.3 Å². The summed E-state index contributed by atoms with van der Waals surface area (Å²) in [4.78, 5) is 10.7. The second kappa shape index (κ2) is 10.1. The number of hydrogen-bond acceptors (Lipinski definition) is 2. The molecule has 2 nitrogen and oxygen atoms in total. The molecule has 0 aliphatic heterocycles. The van der Waals surface area contributed by atoms with Crippen molar-refractivity contribution in [3.63, 3.8) is 0 Å². The molecular weight excluding hydrogens is 382 g/mol. The fourth-order valence-corrected chi connectivity index (χ4v) is 3.58. The minimum Gasteiger partial charge on any atom is -0.494 e. The van der Waals surface area contributed by atoms with E-state index in [4.69, 9.17) is 4.74 Å². The molecule has 0 amide bonds. The molecule has 0 unspecified atom stereocenters. The summed E-state index contributed by atoms with van der Waals surface area (Å²) in [5, 5.41) is 0. The molecule has 0 saturated heterocycles. The van der Waals surface area contributed by atoms with Crippen LogP contribution in [0.15, 0.2) is 60.7 Å². The highest BCUT2D eigenvalue weighted by atomic mass is 19.1. The molecule has 156 valence electrons. The lowest BCUT2D eigenvalue weighted by Gasteiger charge is -2.19. The van der Waals surface area contributed by atoms with Crippen molar-refractivity contribution in [2.24, 2.45) is 0 Å². The highest BCUT2D eigenvalue weighted by Crippen LogP contribution is 2.29. The molecule has 3 rings (SSSR count). The molecule has 0 fully saturated rings.